The van der Waals surface area contributed by atoms with Crippen LogP contribution < -0.4 is 0 Å². The molecule has 3 fully saturated rings. The van der Waals surface area contributed by atoms with Gasteiger partial charge in [-0.2, -0.15) is 0 Å². The lowest BCUT2D eigenvalue weighted by atomic mass is 9.66. The van der Waals surface area contributed by atoms with Crippen molar-refractivity contribution in [3.63, 3.8) is 0 Å². The van der Waals surface area contributed by atoms with E-state index in [4.69, 9.17) is 9.47 Å². The van der Waals surface area contributed by atoms with E-state index < -0.39 is 46.6 Å². The molecule has 0 aromatic rings. The number of hydrogen-bond acceptors (Lipinski definition) is 6. The second-order valence-electron chi connectivity index (χ2n) is 12.4. The molecule has 0 aliphatic carbocycles. The first-order chi connectivity index (χ1) is 17.3. The Labute approximate surface area is 222 Å². The minimum atomic E-state index is -1.15. The van der Waals surface area contributed by atoms with Gasteiger partial charge in [-0.1, -0.05) is 26.0 Å². The summed E-state index contributed by atoms with van der Waals surface area (Å²) in [6.45, 7) is 19.5. The first-order valence-corrected chi connectivity index (χ1v) is 13.6. The highest BCUT2D eigenvalue weighted by molar-refractivity contribution is 5.99. The van der Waals surface area contributed by atoms with Gasteiger partial charge in [0.05, 0.1) is 30.8 Å². The van der Waals surface area contributed by atoms with Crippen LogP contribution in [0.4, 0.5) is 0 Å². The van der Waals surface area contributed by atoms with Crippen LogP contribution >= 0.6 is 0 Å². The minimum absolute atomic E-state index is 0.186. The summed E-state index contributed by atoms with van der Waals surface area (Å²) < 4.78 is 12.3. The van der Waals surface area contributed by atoms with E-state index in [1.807, 2.05) is 41.5 Å². The van der Waals surface area contributed by atoms with E-state index in [1.54, 1.807) is 22.0 Å². The number of rotatable bonds is 12. The fourth-order valence-electron chi connectivity index (χ4n) is 6.68. The Morgan fingerprint density at radius 3 is 2.49 bits per heavy atom. The topological polar surface area (TPSA) is 96.4 Å². The van der Waals surface area contributed by atoms with Gasteiger partial charge in [0.2, 0.25) is 11.8 Å². The number of allylic oxidation sites excluding steroid dienone is 1. The van der Waals surface area contributed by atoms with E-state index in [-0.39, 0.29) is 30.9 Å². The number of unbranched alkanes of at least 4 members (excludes halogenated alkanes) is 1. The van der Waals surface area contributed by atoms with Crippen molar-refractivity contribution in [3.05, 3.63) is 25.3 Å². The van der Waals surface area contributed by atoms with Crippen molar-refractivity contribution in [2.45, 2.75) is 102 Å². The Balaban J connectivity index is 2.09. The lowest BCUT2D eigenvalue weighted by molar-refractivity contribution is -0.163. The number of nitrogens with zero attached hydrogens (tertiary/aromatic N) is 2. The molecule has 3 saturated heterocycles. The molecule has 1 spiro atoms. The van der Waals surface area contributed by atoms with Crippen LogP contribution in [0.1, 0.15) is 73.6 Å². The number of ether oxygens (including phenoxy) is 2. The van der Waals surface area contributed by atoms with Gasteiger partial charge >= 0.3 is 5.97 Å². The van der Waals surface area contributed by atoms with Gasteiger partial charge in [-0.3, -0.25) is 14.4 Å². The van der Waals surface area contributed by atoms with Gasteiger partial charge in [-0.05, 0) is 65.7 Å². The average molecular weight is 519 g/mol. The van der Waals surface area contributed by atoms with Crippen LogP contribution in [0.2, 0.25) is 0 Å². The highest BCUT2D eigenvalue weighted by atomic mass is 16.6. The smallest absolute Gasteiger partial charge is 0.312 e. The Kier molecular flexibility index (Phi) is 8.64. The lowest BCUT2D eigenvalue weighted by Gasteiger charge is -2.43. The third kappa shape index (κ3) is 5.11. The summed E-state index contributed by atoms with van der Waals surface area (Å²) >= 11 is 0. The molecule has 3 heterocycles. The van der Waals surface area contributed by atoms with E-state index in [9.17, 15) is 19.5 Å². The molecular weight excluding hydrogens is 472 g/mol. The quantitative estimate of drug-likeness (QED) is 0.241. The number of carbonyl (C=O) groups is 3. The molecule has 8 heteroatoms. The number of esters is 1. The van der Waals surface area contributed by atoms with Gasteiger partial charge in [0.15, 0.2) is 0 Å². The number of carbonyl (C=O) groups excluding carboxylic acids is 3. The Morgan fingerprint density at radius 1 is 1.27 bits per heavy atom. The largest absolute Gasteiger partial charge is 0.465 e. The van der Waals surface area contributed by atoms with Crippen molar-refractivity contribution < 1.29 is 29.0 Å². The van der Waals surface area contributed by atoms with E-state index in [2.05, 4.69) is 13.2 Å². The van der Waals surface area contributed by atoms with Crippen molar-refractivity contribution in [1.82, 2.24) is 9.80 Å². The van der Waals surface area contributed by atoms with Crippen LogP contribution in [0.3, 0.4) is 0 Å². The molecule has 0 saturated carbocycles. The van der Waals surface area contributed by atoms with Crippen molar-refractivity contribution in [3.8, 4) is 0 Å². The molecule has 3 aliphatic rings. The molecule has 2 amide bonds. The van der Waals surface area contributed by atoms with Crippen molar-refractivity contribution in [2.75, 3.05) is 19.8 Å². The third-order valence-electron chi connectivity index (χ3n) is 8.23. The summed E-state index contributed by atoms with van der Waals surface area (Å²) in [5.74, 6) is -2.46. The predicted molar refractivity (Wildman–Crippen MR) is 141 cm³/mol. The van der Waals surface area contributed by atoms with Crippen LogP contribution in [0.5, 0.6) is 0 Å². The lowest BCUT2D eigenvalue weighted by Crippen LogP contribution is -2.61. The molecule has 3 rings (SSSR count). The summed E-state index contributed by atoms with van der Waals surface area (Å²) in [6, 6.07) is -1.51. The molecule has 0 aromatic carbocycles. The second kappa shape index (κ2) is 10.9. The number of amides is 2. The summed E-state index contributed by atoms with van der Waals surface area (Å²) in [5.41, 5.74) is -2.58. The van der Waals surface area contributed by atoms with Gasteiger partial charge in [-0.25, -0.2) is 0 Å². The third-order valence-corrected chi connectivity index (χ3v) is 8.23. The van der Waals surface area contributed by atoms with Crippen LogP contribution in [-0.2, 0) is 23.9 Å². The fourth-order valence-corrected chi connectivity index (χ4v) is 6.68. The van der Waals surface area contributed by atoms with Crippen LogP contribution in [0.15, 0.2) is 25.3 Å². The maximum absolute atomic E-state index is 14.4. The molecule has 208 valence electrons. The van der Waals surface area contributed by atoms with Crippen molar-refractivity contribution in [2.24, 2.45) is 17.8 Å². The first kappa shape index (κ1) is 29.4. The summed E-state index contributed by atoms with van der Waals surface area (Å²) in [7, 11) is 0. The average Bonchev–Trinajstić information content (AvgIpc) is 3.38. The monoisotopic (exact) mass is 518 g/mol. The van der Waals surface area contributed by atoms with Gasteiger partial charge in [0.1, 0.15) is 17.6 Å². The second-order valence-corrected chi connectivity index (χ2v) is 12.4. The number of likely N-dealkylation sites (tertiary alicyclic amines) is 1. The minimum Gasteiger partial charge on any atom is -0.465 e. The SMILES string of the molecule is C=CCCCOC(=O)[C@H]1[C@H]2C(=O)N([C@@H](CO)CC(C)C)C(C(=O)N(CC=C)C(C)(C)C)C23CC[C@]1(C)O3. The standard InChI is InChI=1S/C29H46N2O6/c1-9-11-12-16-36-26(35)22-21-24(33)31(20(18-32)17-19(3)4)23(29(21)14-13-28(22,8)37-29)25(34)30(15-10-2)27(5,6)7/h9-10,19-23,32H,1-2,11-18H2,3-8H3/t20-,21+,22-,23?,28+,29?/m1/s1. The first-order valence-electron chi connectivity index (χ1n) is 13.6. The zero-order chi connectivity index (χ0) is 27.8. The number of aliphatic hydroxyl groups excluding tert-OH is 1. The maximum atomic E-state index is 14.4. The fraction of sp³-hybridized carbons (Fsp3) is 0.759. The maximum Gasteiger partial charge on any atom is 0.312 e. The van der Waals surface area contributed by atoms with Crippen molar-refractivity contribution in [1.29, 1.82) is 0 Å². The predicted octanol–water partition coefficient (Wildman–Crippen LogP) is 3.48. The van der Waals surface area contributed by atoms with E-state index in [1.165, 1.54) is 0 Å². The summed E-state index contributed by atoms with van der Waals surface area (Å²) in [6.07, 6.45) is 6.38. The number of aliphatic hydroxyl groups is 1. The van der Waals surface area contributed by atoms with E-state index in [0.29, 0.717) is 32.2 Å². The molecule has 0 aromatic heterocycles. The number of fused-ring (bicyclic) bond motifs is 1. The van der Waals surface area contributed by atoms with E-state index in [0.717, 1.165) is 6.42 Å². The molecule has 6 atom stereocenters. The zero-order valence-corrected chi connectivity index (χ0v) is 23.5. The van der Waals surface area contributed by atoms with Gasteiger partial charge < -0.3 is 24.4 Å². The molecule has 0 radical (unpaired) electrons. The molecule has 8 nitrogen and oxygen atoms in total. The molecule has 2 unspecified atom stereocenters. The highest BCUT2D eigenvalue weighted by Crippen LogP contribution is 2.64. The van der Waals surface area contributed by atoms with Gasteiger partial charge in [-0.15, -0.1) is 13.2 Å². The molecule has 37 heavy (non-hydrogen) atoms. The highest BCUT2D eigenvalue weighted by Gasteiger charge is 2.79. The van der Waals surface area contributed by atoms with E-state index >= 15 is 0 Å². The summed E-state index contributed by atoms with van der Waals surface area (Å²) in [4.78, 5) is 45.3. The number of hydrogen-bond donors (Lipinski definition) is 1. The van der Waals surface area contributed by atoms with Gasteiger partial charge in [0, 0.05) is 12.1 Å². The van der Waals surface area contributed by atoms with Gasteiger partial charge in [0.25, 0.3) is 0 Å². The Hall–Kier alpha value is -2.19. The molecule has 3 aliphatic heterocycles. The molecule has 1 N–H and O–H groups in total. The van der Waals surface area contributed by atoms with Crippen LogP contribution in [0, 0.1) is 17.8 Å². The molecular formula is C29H46N2O6. The van der Waals surface area contributed by atoms with Crippen LogP contribution in [-0.4, -0.2) is 81.3 Å². The zero-order valence-electron chi connectivity index (χ0n) is 23.5. The summed E-state index contributed by atoms with van der Waals surface area (Å²) in [5, 5.41) is 10.4. The van der Waals surface area contributed by atoms with Crippen LogP contribution in [0.25, 0.3) is 0 Å². The molecule has 2 bridgehead atoms. The van der Waals surface area contributed by atoms with Crippen molar-refractivity contribution >= 4 is 17.8 Å². The Morgan fingerprint density at radius 2 is 1.95 bits per heavy atom. The Bertz CT molecular complexity index is 911. The normalized spacial score (nSPS) is 31.4.